The molecule has 2 unspecified atom stereocenters. The third-order valence-corrected chi connectivity index (χ3v) is 11.1. The fraction of sp³-hybridized carbons (Fsp3) is 0.800. The van der Waals surface area contributed by atoms with Crippen molar-refractivity contribution in [1.29, 1.82) is 0 Å². The Labute approximate surface area is 279 Å². The Morgan fingerprint density at radius 2 is 1.74 bits per heavy atom. The molecule has 3 aliphatic rings. The standard InChI is InChI=1S/C35H56ClNO9/c1-10-26(38)35(8,42)31-22(6)29-18(2)16-34(7,46-29)30(20(4)27(39)21(5)32(41)44-31)45-33-28(40)25(15-19(3)43-33)37(9)17-23-11-13-24(36)14-12-23/h11-14,18-22,25-31,33,38-40,42H,10,15-17H2,1-9H3/t18?,19-,20+,21-,22+,25+,26-,27+,28-,29?,30-,31-,33+,34-,35-/m1/s1. The van der Waals surface area contributed by atoms with E-state index in [1.54, 1.807) is 13.8 Å². The lowest BCUT2D eigenvalue weighted by Crippen LogP contribution is -2.59. The Morgan fingerprint density at radius 3 is 2.35 bits per heavy atom. The molecule has 3 fully saturated rings. The number of carbonyl (C=O) groups is 1. The Morgan fingerprint density at radius 1 is 1.11 bits per heavy atom. The highest BCUT2D eigenvalue weighted by atomic mass is 35.5. The number of esters is 1. The molecule has 1 aromatic rings. The first-order valence-corrected chi connectivity index (χ1v) is 17.2. The summed E-state index contributed by atoms with van der Waals surface area (Å²) < 4.78 is 25.7. The molecule has 11 heteroatoms. The highest BCUT2D eigenvalue weighted by Gasteiger charge is 2.57. The van der Waals surface area contributed by atoms with Gasteiger partial charge in [0.25, 0.3) is 0 Å². The molecule has 15 atom stereocenters. The fourth-order valence-electron chi connectivity index (χ4n) is 8.12. The number of nitrogens with zero attached hydrogens (tertiary/aromatic N) is 1. The molecule has 0 amide bonds. The Bertz CT molecular complexity index is 1170. The third-order valence-electron chi connectivity index (χ3n) is 10.9. The first kappa shape index (κ1) is 37.5. The van der Waals surface area contributed by atoms with Crippen LogP contribution in [0, 0.1) is 23.7 Å². The lowest BCUT2D eigenvalue weighted by atomic mass is 9.76. The molecule has 10 nitrogen and oxygen atoms in total. The van der Waals surface area contributed by atoms with Crippen molar-refractivity contribution in [1.82, 2.24) is 4.90 Å². The van der Waals surface area contributed by atoms with E-state index in [9.17, 15) is 25.2 Å². The minimum Gasteiger partial charge on any atom is -0.459 e. The smallest absolute Gasteiger partial charge is 0.311 e. The number of hydrogen-bond donors (Lipinski definition) is 4. The molecule has 4 N–H and O–H groups in total. The van der Waals surface area contributed by atoms with Gasteiger partial charge in [0.1, 0.15) is 17.8 Å². The summed E-state index contributed by atoms with van der Waals surface area (Å²) in [6.07, 6.45) is -5.53. The Kier molecular flexibility index (Phi) is 11.9. The molecule has 46 heavy (non-hydrogen) atoms. The number of halogens is 1. The number of aliphatic hydroxyl groups is 4. The normalized spacial score (nSPS) is 42.6. The van der Waals surface area contributed by atoms with Crippen molar-refractivity contribution in [3.63, 3.8) is 0 Å². The summed E-state index contributed by atoms with van der Waals surface area (Å²) in [5.74, 6) is -2.83. The summed E-state index contributed by atoms with van der Waals surface area (Å²) in [5, 5.41) is 46.2. The van der Waals surface area contributed by atoms with Crippen LogP contribution in [0.2, 0.25) is 5.02 Å². The van der Waals surface area contributed by atoms with Gasteiger partial charge in [0.2, 0.25) is 0 Å². The predicted octanol–water partition coefficient (Wildman–Crippen LogP) is 3.92. The van der Waals surface area contributed by atoms with Crippen molar-refractivity contribution in [3.05, 3.63) is 34.9 Å². The summed E-state index contributed by atoms with van der Waals surface area (Å²) in [5.41, 5.74) is -1.64. The van der Waals surface area contributed by atoms with Crippen LogP contribution in [-0.2, 0) is 30.3 Å². The van der Waals surface area contributed by atoms with E-state index in [1.165, 1.54) is 6.92 Å². The highest BCUT2D eigenvalue weighted by Crippen LogP contribution is 2.47. The van der Waals surface area contributed by atoms with Crippen LogP contribution < -0.4 is 0 Å². The van der Waals surface area contributed by atoms with Gasteiger partial charge in [-0.25, -0.2) is 0 Å². The van der Waals surface area contributed by atoms with Crippen LogP contribution in [0.5, 0.6) is 0 Å². The number of rotatable bonds is 8. The maximum atomic E-state index is 13.5. The number of benzene rings is 1. The van der Waals surface area contributed by atoms with Crippen LogP contribution in [-0.4, -0.2) is 105 Å². The predicted molar refractivity (Wildman–Crippen MR) is 174 cm³/mol. The van der Waals surface area contributed by atoms with Gasteiger partial charge in [-0.3, -0.25) is 9.69 Å². The van der Waals surface area contributed by atoms with Crippen LogP contribution in [0.1, 0.15) is 80.2 Å². The lowest BCUT2D eigenvalue weighted by Gasteiger charge is -2.47. The second-order valence-corrected chi connectivity index (χ2v) is 15.2. The van der Waals surface area contributed by atoms with Gasteiger partial charge in [-0.2, -0.15) is 0 Å². The molecule has 0 saturated carbocycles. The molecule has 0 aliphatic carbocycles. The van der Waals surface area contributed by atoms with E-state index in [0.29, 0.717) is 24.4 Å². The van der Waals surface area contributed by atoms with E-state index in [2.05, 4.69) is 4.90 Å². The Hall–Kier alpha value is -1.34. The average molecular weight is 670 g/mol. The molecule has 3 saturated heterocycles. The second kappa shape index (κ2) is 14.6. The second-order valence-electron chi connectivity index (χ2n) is 14.8. The molecular weight excluding hydrogens is 614 g/mol. The number of cyclic esters (lactones) is 1. The minimum atomic E-state index is -1.75. The average Bonchev–Trinajstić information content (AvgIpc) is 3.32. The van der Waals surface area contributed by atoms with Crippen molar-refractivity contribution in [3.8, 4) is 0 Å². The van der Waals surface area contributed by atoms with Gasteiger partial charge < -0.3 is 39.4 Å². The van der Waals surface area contributed by atoms with Gasteiger partial charge in [-0.05, 0) is 77.6 Å². The van der Waals surface area contributed by atoms with E-state index >= 15 is 0 Å². The number of aliphatic hydroxyl groups excluding tert-OH is 3. The van der Waals surface area contributed by atoms with E-state index in [1.807, 2.05) is 65.9 Å². The van der Waals surface area contributed by atoms with Crippen molar-refractivity contribution in [2.24, 2.45) is 23.7 Å². The summed E-state index contributed by atoms with van der Waals surface area (Å²) >= 11 is 6.08. The van der Waals surface area contributed by atoms with E-state index < -0.39 is 77.8 Å². The first-order chi connectivity index (χ1) is 21.4. The topological polar surface area (TPSA) is 138 Å². The summed E-state index contributed by atoms with van der Waals surface area (Å²) in [6, 6.07) is 7.33. The van der Waals surface area contributed by atoms with Crippen molar-refractivity contribution in [2.75, 3.05) is 7.05 Å². The zero-order valence-electron chi connectivity index (χ0n) is 28.8. The van der Waals surface area contributed by atoms with Crippen LogP contribution in [0.15, 0.2) is 24.3 Å². The van der Waals surface area contributed by atoms with Crippen LogP contribution in [0.25, 0.3) is 0 Å². The maximum absolute atomic E-state index is 13.5. The molecule has 262 valence electrons. The monoisotopic (exact) mass is 669 g/mol. The number of hydrogen-bond acceptors (Lipinski definition) is 10. The minimum absolute atomic E-state index is 0.0440. The Balaban J connectivity index is 1.65. The number of fused-ring (bicyclic) bond motifs is 2. The van der Waals surface area contributed by atoms with E-state index in [4.69, 9.17) is 30.5 Å². The molecule has 0 spiro atoms. The summed E-state index contributed by atoms with van der Waals surface area (Å²) in [6.45, 7) is 15.0. The summed E-state index contributed by atoms with van der Waals surface area (Å²) in [4.78, 5) is 15.6. The molecular formula is C35H56ClNO9. The lowest BCUT2D eigenvalue weighted by molar-refractivity contribution is -0.302. The molecule has 0 radical (unpaired) electrons. The van der Waals surface area contributed by atoms with E-state index in [-0.39, 0.29) is 24.5 Å². The molecule has 3 aliphatic heterocycles. The highest BCUT2D eigenvalue weighted by molar-refractivity contribution is 6.30. The van der Waals surface area contributed by atoms with Gasteiger partial charge >= 0.3 is 5.97 Å². The zero-order chi connectivity index (χ0) is 34.3. The number of ether oxygens (including phenoxy) is 4. The van der Waals surface area contributed by atoms with Crippen molar-refractivity contribution < 1.29 is 44.2 Å². The largest absolute Gasteiger partial charge is 0.459 e. The van der Waals surface area contributed by atoms with Crippen molar-refractivity contribution >= 4 is 17.6 Å². The van der Waals surface area contributed by atoms with Crippen LogP contribution in [0.3, 0.4) is 0 Å². The molecule has 0 aromatic heterocycles. The maximum Gasteiger partial charge on any atom is 0.311 e. The SMILES string of the molecule is CC[C@@H](O)[C@@](C)(O)[C@@H]1OC(=O)[C@H](C)[C@@H](O)[C@H](C)[C@@H](O[C@@H]2O[C@H](C)C[C@H](N(C)Cc3ccc(Cl)cc3)[C@H]2O)[C@@]2(C)CC(C)C(O2)[C@@H]1C. The molecule has 2 bridgehead atoms. The van der Waals surface area contributed by atoms with Gasteiger partial charge in [0.15, 0.2) is 6.29 Å². The third kappa shape index (κ3) is 7.61. The summed E-state index contributed by atoms with van der Waals surface area (Å²) in [7, 11) is 1.96. The first-order valence-electron chi connectivity index (χ1n) is 16.8. The molecule has 3 heterocycles. The molecule has 4 rings (SSSR count). The van der Waals surface area contributed by atoms with Gasteiger partial charge in [-0.15, -0.1) is 0 Å². The van der Waals surface area contributed by atoms with Crippen molar-refractivity contribution in [2.45, 2.75) is 147 Å². The van der Waals surface area contributed by atoms with Gasteiger partial charge in [0, 0.05) is 29.4 Å². The number of carbonyl (C=O) groups excluding carboxylic acids is 1. The number of likely N-dealkylation sites (N-methyl/N-ethyl adjacent to an activating group) is 1. The van der Waals surface area contributed by atoms with Gasteiger partial charge in [0.05, 0.1) is 42.0 Å². The van der Waals surface area contributed by atoms with Crippen LogP contribution in [0.4, 0.5) is 0 Å². The van der Waals surface area contributed by atoms with Crippen LogP contribution >= 0.6 is 11.6 Å². The fourth-order valence-corrected chi connectivity index (χ4v) is 8.25. The zero-order valence-corrected chi connectivity index (χ0v) is 29.6. The van der Waals surface area contributed by atoms with Gasteiger partial charge in [-0.1, -0.05) is 51.4 Å². The quantitative estimate of drug-likeness (QED) is 0.302. The van der Waals surface area contributed by atoms with E-state index in [0.717, 1.165) is 5.56 Å². The molecule has 1 aromatic carbocycles.